The Bertz CT molecular complexity index is 672. The SMILES string of the molecule is O=C1CSC(c2cccs2)N1Cc1ccc2c(c1)OCO2. The number of rotatable bonds is 3. The molecule has 1 unspecified atom stereocenters. The maximum absolute atomic E-state index is 12.2. The molecule has 0 N–H and O–H groups in total. The molecule has 108 valence electrons. The summed E-state index contributed by atoms with van der Waals surface area (Å²) in [6.07, 6.45) is 0. The first-order valence-corrected chi connectivity index (χ1v) is 8.57. The third kappa shape index (κ3) is 2.38. The third-order valence-electron chi connectivity index (χ3n) is 3.54. The van der Waals surface area contributed by atoms with Crippen LogP contribution >= 0.6 is 23.1 Å². The summed E-state index contributed by atoms with van der Waals surface area (Å²) in [5.74, 6) is 2.28. The van der Waals surface area contributed by atoms with E-state index in [9.17, 15) is 4.79 Å². The molecule has 2 aromatic rings. The largest absolute Gasteiger partial charge is 0.454 e. The Kier molecular flexibility index (Phi) is 3.27. The van der Waals surface area contributed by atoms with Crippen LogP contribution in [-0.2, 0) is 11.3 Å². The number of amides is 1. The normalized spacial score (nSPS) is 20.3. The highest BCUT2D eigenvalue weighted by atomic mass is 32.2. The van der Waals surface area contributed by atoms with Gasteiger partial charge in [0.1, 0.15) is 5.37 Å². The van der Waals surface area contributed by atoms with Crippen molar-refractivity contribution >= 4 is 29.0 Å². The molecule has 4 nitrogen and oxygen atoms in total. The lowest BCUT2D eigenvalue weighted by Gasteiger charge is -2.23. The molecule has 0 bridgehead atoms. The van der Waals surface area contributed by atoms with Gasteiger partial charge < -0.3 is 14.4 Å². The minimum atomic E-state index is 0.128. The summed E-state index contributed by atoms with van der Waals surface area (Å²) < 4.78 is 10.7. The zero-order valence-corrected chi connectivity index (χ0v) is 12.8. The molecule has 1 saturated heterocycles. The maximum atomic E-state index is 12.2. The second kappa shape index (κ2) is 5.27. The fourth-order valence-electron chi connectivity index (χ4n) is 2.53. The Morgan fingerprint density at radius 3 is 3.00 bits per heavy atom. The number of ether oxygens (including phenoxy) is 2. The topological polar surface area (TPSA) is 38.8 Å². The van der Waals surface area contributed by atoms with E-state index < -0.39 is 0 Å². The molecule has 1 fully saturated rings. The minimum Gasteiger partial charge on any atom is -0.454 e. The van der Waals surface area contributed by atoms with Crippen LogP contribution in [-0.4, -0.2) is 23.4 Å². The molecule has 6 heteroatoms. The summed E-state index contributed by atoms with van der Waals surface area (Å²) in [5, 5.41) is 2.18. The van der Waals surface area contributed by atoms with Crippen molar-refractivity contribution in [2.75, 3.05) is 12.5 Å². The molecule has 0 radical (unpaired) electrons. The van der Waals surface area contributed by atoms with Crippen molar-refractivity contribution in [3.63, 3.8) is 0 Å². The van der Waals surface area contributed by atoms with Crippen molar-refractivity contribution in [1.29, 1.82) is 0 Å². The predicted octanol–water partition coefficient (Wildman–Crippen LogP) is 3.25. The summed E-state index contributed by atoms with van der Waals surface area (Å²) >= 11 is 3.39. The Hall–Kier alpha value is -1.66. The molecule has 1 aromatic carbocycles. The molecule has 4 rings (SSSR count). The first-order valence-electron chi connectivity index (χ1n) is 6.64. The minimum absolute atomic E-state index is 0.128. The van der Waals surface area contributed by atoms with Gasteiger partial charge in [-0.25, -0.2) is 0 Å². The molecule has 3 heterocycles. The van der Waals surface area contributed by atoms with Crippen LogP contribution in [0.15, 0.2) is 35.7 Å². The summed E-state index contributed by atoms with van der Waals surface area (Å²) in [7, 11) is 0. The standard InChI is InChI=1S/C15H13NO3S2/c17-14-8-21-15(13-2-1-5-20-13)16(14)7-10-3-4-11-12(6-10)19-9-18-11/h1-6,15H,7-9H2. The van der Waals surface area contributed by atoms with Gasteiger partial charge in [0.05, 0.1) is 5.75 Å². The average molecular weight is 319 g/mol. The Morgan fingerprint density at radius 2 is 2.14 bits per heavy atom. The van der Waals surface area contributed by atoms with Crippen molar-refractivity contribution in [2.45, 2.75) is 11.9 Å². The van der Waals surface area contributed by atoms with E-state index in [2.05, 4.69) is 11.4 Å². The number of hydrogen-bond acceptors (Lipinski definition) is 5. The van der Waals surface area contributed by atoms with Crippen LogP contribution in [0, 0.1) is 0 Å². The van der Waals surface area contributed by atoms with Gasteiger partial charge in [0.25, 0.3) is 0 Å². The zero-order valence-electron chi connectivity index (χ0n) is 11.2. The molecule has 2 aliphatic heterocycles. The van der Waals surface area contributed by atoms with Gasteiger partial charge >= 0.3 is 0 Å². The van der Waals surface area contributed by atoms with Crippen LogP contribution in [0.1, 0.15) is 15.8 Å². The Labute approximate surface area is 130 Å². The van der Waals surface area contributed by atoms with Crippen LogP contribution in [0.2, 0.25) is 0 Å². The van der Waals surface area contributed by atoms with Crippen molar-refractivity contribution in [3.05, 3.63) is 46.2 Å². The maximum Gasteiger partial charge on any atom is 0.234 e. The smallest absolute Gasteiger partial charge is 0.234 e. The van der Waals surface area contributed by atoms with Gasteiger partial charge in [-0.3, -0.25) is 4.79 Å². The summed E-state index contributed by atoms with van der Waals surface area (Å²) in [4.78, 5) is 15.3. The number of carbonyl (C=O) groups is 1. The van der Waals surface area contributed by atoms with E-state index in [1.54, 1.807) is 23.1 Å². The van der Waals surface area contributed by atoms with Crippen LogP contribution in [0.3, 0.4) is 0 Å². The molecule has 0 spiro atoms. The van der Waals surface area contributed by atoms with Crippen molar-refractivity contribution in [2.24, 2.45) is 0 Å². The first kappa shape index (κ1) is 13.0. The quantitative estimate of drug-likeness (QED) is 0.870. The van der Waals surface area contributed by atoms with Crippen molar-refractivity contribution in [1.82, 2.24) is 4.90 Å². The molecular weight excluding hydrogens is 306 g/mol. The highest BCUT2D eigenvalue weighted by molar-refractivity contribution is 8.00. The number of benzene rings is 1. The third-order valence-corrected chi connectivity index (χ3v) is 5.86. The second-order valence-corrected chi connectivity index (χ2v) is 6.94. The predicted molar refractivity (Wildman–Crippen MR) is 82.6 cm³/mol. The number of nitrogens with zero attached hydrogens (tertiary/aromatic N) is 1. The van der Waals surface area contributed by atoms with Gasteiger partial charge in [-0.1, -0.05) is 12.1 Å². The van der Waals surface area contributed by atoms with E-state index in [4.69, 9.17) is 9.47 Å². The van der Waals surface area contributed by atoms with E-state index in [-0.39, 0.29) is 18.1 Å². The van der Waals surface area contributed by atoms with Crippen LogP contribution in [0.25, 0.3) is 0 Å². The summed E-state index contributed by atoms with van der Waals surface area (Å²) in [6, 6.07) is 9.99. The van der Waals surface area contributed by atoms with Crippen LogP contribution < -0.4 is 9.47 Å². The molecule has 1 amide bonds. The van der Waals surface area contributed by atoms with E-state index in [0.29, 0.717) is 12.3 Å². The van der Waals surface area contributed by atoms with E-state index in [0.717, 1.165) is 17.1 Å². The van der Waals surface area contributed by atoms with Crippen molar-refractivity contribution < 1.29 is 14.3 Å². The molecule has 0 aliphatic carbocycles. The first-order chi connectivity index (χ1) is 10.3. The van der Waals surface area contributed by atoms with Gasteiger partial charge in [0, 0.05) is 11.4 Å². The highest BCUT2D eigenvalue weighted by Gasteiger charge is 2.33. The summed E-state index contributed by atoms with van der Waals surface area (Å²) in [5.41, 5.74) is 1.07. The van der Waals surface area contributed by atoms with Gasteiger partial charge in [-0.15, -0.1) is 23.1 Å². The molecule has 2 aliphatic rings. The summed E-state index contributed by atoms with van der Waals surface area (Å²) in [6.45, 7) is 0.875. The number of hydrogen-bond donors (Lipinski definition) is 0. The van der Waals surface area contributed by atoms with E-state index in [1.807, 2.05) is 29.2 Å². The van der Waals surface area contributed by atoms with Crippen LogP contribution in [0.5, 0.6) is 11.5 Å². The molecule has 1 atom stereocenters. The monoisotopic (exact) mass is 319 g/mol. The molecular formula is C15H13NO3S2. The van der Waals surface area contributed by atoms with Gasteiger partial charge in [-0.2, -0.15) is 0 Å². The number of fused-ring (bicyclic) bond motifs is 1. The highest BCUT2D eigenvalue weighted by Crippen LogP contribution is 2.42. The Balaban J connectivity index is 1.58. The fourth-order valence-corrected chi connectivity index (χ4v) is 4.70. The van der Waals surface area contributed by atoms with Gasteiger partial charge in [-0.05, 0) is 29.1 Å². The van der Waals surface area contributed by atoms with Gasteiger partial charge in [0.2, 0.25) is 12.7 Å². The lowest BCUT2D eigenvalue weighted by molar-refractivity contribution is -0.128. The zero-order chi connectivity index (χ0) is 14.2. The van der Waals surface area contributed by atoms with E-state index >= 15 is 0 Å². The number of thioether (sulfide) groups is 1. The number of carbonyl (C=O) groups excluding carboxylic acids is 1. The second-order valence-electron chi connectivity index (χ2n) is 4.89. The van der Waals surface area contributed by atoms with Crippen LogP contribution in [0.4, 0.5) is 0 Å². The van der Waals surface area contributed by atoms with Gasteiger partial charge in [0.15, 0.2) is 11.5 Å². The van der Waals surface area contributed by atoms with E-state index in [1.165, 1.54) is 4.88 Å². The molecule has 1 aromatic heterocycles. The lowest BCUT2D eigenvalue weighted by atomic mass is 10.2. The Morgan fingerprint density at radius 1 is 1.24 bits per heavy atom. The molecule has 21 heavy (non-hydrogen) atoms. The van der Waals surface area contributed by atoms with Crippen molar-refractivity contribution in [3.8, 4) is 11.5 Å². The fraction of sp³-hybridized carbons (Fsp3) is 0.267. The lowest BCUT2D eigenvalue weighted by Crippen LogP contribution is -2.27. The average Bonchev–Trinajstić information content (AvgIpc) is 3.20. The number of thiophene rings is 1. The molecule has 0 saturated carbocycles.